The molecule has 0 radical (unpaired) electrons. The number of fused-ring (bicyclic) bond motifs is 4. The number of ether oxygens (including phenoxy) is 3. The summed E-state index contributed by atoms with van der Waals surface area (Å²) in [5, 5.41) is 8.16. The second kappa shape index (κ2) is 8.82. The van der Waals surface area contributed by atoms with Crippen LogP contribution in [0.1, 0.15) is 11.1 Å². The van der Waals surface area contributed by atoms with Crippen LogP contribution in [0.4, 0.5) is 20.6 Å². The van der Waals surface area contributed by atoms with Crippen LogP contribution in [-0.2, 0) is 25.5 Å². The number of anilines is 2. The Balaban J connectivity index is 1.47. The number of halogens is 2. The first-order valence-electron chi connectivity index (χ1n) is 10.7. The average molecular weight is 513 g/mol. The maximum Gasteiger partial charge on any atom is 0.345 e. The molecule has 12 heteroatoms. The smallest absolute Gasteiger partial charge is 0.345 e. The summed E-state index contributed by atoms with van der Waals surface area (Å²) < 4.78 is 30.9. The largest absolute Gasteiger partial charge is 0.481 e. The van der Waals surface area contributed by atoms with Gasteiger partial charge in [-0.05, 0) is 23.8 Å². The van der Waals surface area contributed by atoms with Crippen LogP contribution in [0.25, 0.3) is 0 Å². The van der Waals surface area contributed by atoms with Gasteiger partial charge in [-0.25, -0.2) is 14.0 Å². The molecule has 1 atom stereocenters. The van der Waals surface area contributed by atoms with E-state index >= 15 is 0 Å². The minimum Gasteiger partial charge on any atom is -0.481 e. The molecule has 0 saturated heterocycles. The van der Waals surface area contributed by atoms with Gasteiger partial charge in [0.15, 0.2) is 12.4 Å². The van der Waals surface area contributed by atoms with Gasteiger partial charge in [-0.1, -0.05) is 23.6 Å². The molecule has 3 aliphatic rings. The number of urea groups is 1. The van der Waals surface area contributed by atoms with E-state index < -0.39 is 36.1 Å². The Morgan fingerprint density at radius 2 is 2.17 bits per heavy atom. The summed E-state index contributed by atoms with van der Waals surface area (Å²) in [4.78, 5) is 39.2. The Morgan fingerprint density at radius 3 is 2.92 bits per heavy atom. The van der Waals surface area contributed by atoms with E-state index in [1.807, 2.05) is 0 Å². The van der Waals surface area contributed by atoms with Crippen molar-refractivity contribution >= 4 is 46.6 Å². The van der Waals surface area contributed by atoms with E-state index in [2.05, 4.69) is 16.3 Å². The number of hydrogen-bond acceptors (Lipinski definition) is 7. The highest BCUT2D eigenvalue weighted by Crippen LogP contribution is 2.39. The van der Waals surface area contributed by atoms with Crippen LogP contribution >= 0.6 is 11.6 Å². The van der Waals surface area contributed by atoms with Gasteiger partial charge in [-0.15, -0.1) is 6.42 Å². The third-order valence-corrected chi connectivity index (χ3v) is 6.27. The number of methoxy groups -OCH3 is 1. The Labute approximate surface area is 209 Å². The van der Waals surface area contributed by atoms with Crippen LogP contribution in [0.5, 0.6) is 5.75 Å². The number of carbonyl (C=O) groups is 3. The summed E-state index contributed by atoms with van der Waals surface area (Å²) in [6, 6.07) is 6.45. The fraction of sp³-hybridized carbons (Fsp3) is 0.250. The van der Waals surface area contributed by atoms with Gasteiger partial charge in [-0.2, -0.15) is 10.1 Å². The lowest BCUT2D eigenvalue weighted by molar-refractivity contribution is -0.165. The second-order valence-electron chi connectivity index (χ2n) is 8.12. The maximum absolute atomic E-state index is 14.8. The first-order chi connectivity index (χ1) is 17.3. The summed E-state index contributed by atoms with van der Waals surface area (Å²) in [5.41, 5.74) is -0.109. The summed E-state index contributed by atoms with van der Waals surface area (Å²) in [7, 11) is 1.23. The molecule has 184 valence electrons. The number of amides is 3. The summed E-state index contributed by atoms with van der Waals surface area (Å²) in [6.07, 6.45) is 5.47. The maximum atomic E-state index is 14.8. The van der Waals surface area contributed by atoms with E-state index in [0.29, 0.717) is 16.1 Å². The lowest BCUT2D eigenvalue weighted by atomic mass is 9.97. The number of nitrogens with zero attached hydrogens (tertiary/aromatic N) is 3. The van der Waals surface area contributed by atoms with Crippen LogP contribution in [0, 0.1) is 18.2 Å². The first kappa shape index (κ1) is 23.6. The van der Waals surface area contributed by atoms with Crippen LogP contribution in [0.3, 0.4) is 0 Å². The molecule has 2 aromatic rings. The number of rotatable bonds is 3. The van der Waals surface area contributed by atoms with E-state index in [-0.39, 0.29) is 42.4 Å². The van der Waals surface area contributed by atoms with Crippen molar-refractivity contribution in [2.75, 3.05) is 37.2 Å². The van der Waals surface area contributed by atoms with Crippen molar-refractivity contribution in [3.05, 3.63) is 52.3 Å². The molecule has 1 aliphatic carbocycles. The van der Waals surface area contributed by atoms with Crippen molar-refractivity contribution in [2.24, 2.45) is 5.10 Å². The predicted octanol–water partition coefficient (Wildman–Crippen LogP) is 2.53. The monoisotopic (exact) mass is 512 g/mol. The molecule has 2 heterocycles. The number of benzene rings is 2. The van der Waals surface area contributed by atoms with E-state index in [0.717, 1.165) is 11.1 Å². The van der Waals surface area contributed by atoms with Gasteiger partial charge in [0.1, 0.15) is 18.2 Å². The van der Waals surface area contributed by atoms with Gasteiger partial charge in [0.25, 0.3) is 5.91 Å². The normalized spacial score (nSPS) is 19.8. The van der Waals surface area contributed by atoms with Gasteiger partial charge in [0.05, 0.1) is 25.0 Å². The minimum absolute atomic E-state index is 0.0547. The molecule has 0 fully saturated rings. The lowest BCUT2D eigenvalue weighted by Gasteiger charge is -2.34. The Morgan fingerprint density at radius 1 is 1.36 bits per heavy atom. The molecule has 0 saturated carbocycles. The zero-order valence-corrected chi connectivity index (χ0v) is 19.6. The minimum atomic E-state index is -1.54. The first-order valence-corrected chi connectivity index (χ1v) is 11.0. The van der Waals surface area contributed by atoms with Crippen molar-refractivity contribution in [3.8, 4) is 18.1 Å². The molecule has 1 unspecified atom stereocenters. The van der Waals surface area contributed by atoms with Crippen molar-refractivity contribution in [3.63, 3.8) is 0 Å². The SMILES string of the molecule is C#CCN1C(=O)COc2cc(F)c(NC(=O)N3COC4(C(=O)OC)Cc5cc(Cl)ccc5C4=N3)cc21. The van der Waals surface area contributed by atoms with Gasteiger partial charge in [0, 0.05) is 23.1 Å². The van der Waals surface area contributed by atoms with Gasteiger partial charge in [0.2, 0.25) is 5.60 Å². The van der Waals surface area contributed by atoms with Crippen LogP contribution in [0.2, 0.25) is 5.02 Å². The lowest BCUT2D eigenvalue weighted by Crippen LogP contribution is -2.55. The molecule has 2 aliphatic heterocycles. The summed E-state index contributed by atoms with van der Waals surface area (Å²) >= 11 is 6.10. The molecule has 36 heavy (non-hydrogen) atoms. The van der Waals surface area contributed by atoms with Crippen molar-refractivity contribution in [1.29, 1.82) is 0 Å². The topological polar surface area (TPSA) is 110 Å². The van der Waals surface area contributed by atoms with E-state index in [4.69, 9.17) is 32.2 Å². The number of hydrogen-bond donors (Lipinski definition) is 1. The molecule has 3 amide bonds. The molecular formula is C24H18ClFN4O6. The van der Waals surface area contributed by atoms with Gasteiger partial charge >= 0.3 is 12.0 Å². The second-order valence-corrected chi connectivity index (χ2v) is 8.56. The van der Waals surface area contributed by atoms with Gasteiger partial charge in [-0.3, -0.25) is 9.69 Å². The number of esters is 1. The standard InChI is InChI=1S/C24H18ClFN4O6/c1-3-6-29-18-9-17(16(26)8-19(18)35-11-20(29)31)27-23(33)30-12-36-24(22(32)34-2)10-13-7-14(25)4-5-15(13)21(24)28-30/h1,4-5,7-9H,6,10-12H2,2H3,(H,27,33). The highest BCUT2D eigenvalue weighted by atomic mass is 35.5. The van der Waals surface area contributed by atoms with Crippen molar-refractivity contribution in [1.82, 2.24) is 5.01 Å². The average Bonchev–Trinajstić information content (AvgIpc) is 3.19. The van der Waals surface area contributed by atoms with E-state index in [9.17, 15) is 18.8 Å². The Hall–Kier alpha value is -4.14. The van der Waals surface area contributed by atoms with Crippen LogP contribution in [-0.4, -0.2) is 61.2 Å². The molecule has 0 spiro atoms. The number of hydrazone groups is 1. The van der Waals surface area contributed by atoms with Crippen LogP contribution in [0.15, 0.2) is 35.4 Å². The van der Waals surface area contributed by atoms with Gasteiger partial charge < -0.3 is 19.5 Å². The molecule has 0 aromatic heterocycles. The highest BCUT2D eigenvalue weighted by Gasteiger charge is 2.55. The number of carbonyl (C=O) groups excluding carboxylic acids is 3. The predicted molar refractivity (Wildman–Crippen MR) is 126 cm³/mol. The third-order valence-electron chi connectivity index (χ3n) is 6.03. The van der Waals surface area contributed by atoms with E-state index in [1.54, 1.807) is 18.2 Å². The highest BCUT2D eigenvalue weighted by molar-refractivity contribution is 6.31. The molecule has 10 nitrogen and oxygen atoms in total. The number of nitrogens with one attached hydrogen (secondary N) is 1. The molecule has 1 N–H and O–H groups in total. The molecule has 2 aromatic carbocycles. The fourth-order valence-corrected chi connectivity index (χ4v) is 4.54. The summed E-state index contributed by atoms with van der Waals surface area (Å²) in [5.74, 6) is 0.607. The van der Waals surface area contributed by atoms with Crippen molar-refractivity contribution < 1.29 is 33.0 Å². The van der Waals surface area contributed by atoms with E-state index in [1.165, 1.54) is 18.1 Å². The molecule has 5 rings (SSSR count). The third kappa shape index (κ3) is 3.71. The molecular weight excluding hydrogens is 495 g/mol. The summed E-state index contributed by atoms with van der Waals surface area (Å²) in [6.45, 7) is -0.749. The van der Waals surface area contributed by atoms with Crippen LogP contribution < -0.4 is 15.0 Å². The Kier molecular flexibility index (Phi) is 5.78. The Bertz CT molecular complexity index is 1390. The zero-order chi connectivity index (χ0) is 25.6. The zero-order valence-electron chi connectivity index (χ0n) is 18.8. The fourth-order valence-electron chi connectivity index (χ4n) is 4.34. The number of terminal acetylenes is 1. The molecule has 0 bridgehead atoms. The quantitative estimate of drug-likeness (QED) is 0.500. The van der Waals surface area contributed by atoms with Crippen molar-refractivity contribution in [2.45, 2.75) is 12.0 Å².